The lowest BCUT2D eigenvalue weighted by molar-refractivity contribution is -0.115. The van der Waals surface area contributed by atoms with E-state index in [2.05, 4.69) is 35.3 Å². The van der Waals surface area contributed by atoms with Crippen molar-refractivity contribution in [2.45, 2.75) is 43.9 Å². The third kappa shape index (κ3) is 2.16. The van der Waals surface area contributed by atoms with Crippen molar-refractivity contribution in [2.24, 2.45) is 5.10 Å². The third-order valence-electron chi connectivity index (χ3n) is 5.70. The second-order valence-corrected chi connectivity index (χ2v) is 7.11. The SMILES string of the molecule is COc1cccc2c1OC1(CCCC1)N1N=C(c3ccccc3)CC21. The largest absolute Gasteiger partial charge is 0.493 e. The molecule has 1 unspecified atom stereocenters. The van der Waals surface area contributed by atoms with Crippen molar-refractivity contribution in [3.8, 4) is 11.5 Å². The number of para-hydroxylation sites is 1. The summed E-state index contributed by atoms with van der Waals surface area (Å²) in [5.41, 5.74) is 3.22. The van der Waals surface area contributed by atoms with Gasteiger partial charge in [-0.15, -0.1) is 0 Å². The lowest BCUT2D eigenvalue weighted by Gasteiger charge is -2.46. The smallest absolute Gasteiger partial charge is 0.198 e. The van der Waals surface area contributed by atoms with Gasteiger partial charge in [-0.25, -0.2) is 5.01 Å². The second kappa shape index (κ2) is 5.51. The minimum atomic E-state index is -0.317. The van der Waals surface area contributed by atoms with E-state index in [1.165, 1.54) is 24.0 Å². The summed E-state index contributed by atoms with van der Waals surface area (Å²) in [6.45, 7) is 0. The van der Waals surface area contributed by atoms with Gasteiger partial charge in [0.15, 0.2) is 17.2 Å². The van der Waals surface area contributed by atoms with E-state index in [-0.39, 0.29) is 11.8 Å². The zero-order valence-electron chi connectivity index (χ0n) is 14.4. The molecule has 0 radical (unpaired) electrons. The number of methoxy groups -OCH3 is 1. The fourth-order valence-electron chi connectivity index (χ4n) is 4.49. The van der Waals surface area contributed by atoms with E-state index >= 15 is 0 Å². The van der Waals surface area contributed by atoms with Crippen LogP contribution in [0.4, 0.5) is 0 Å². The number of hydrazone groups is 1. The van der Waals surface area contributed by atoms with Crippen molar-refractivity contribution in [3.63, 3.8) is 0 Å². The van der Waals surface area contributed by atoms with Crippen LogP contribution in [-0.4, -0.2) is 23.6 Å². The zero-order chi connectivity index (χ0) is 16.9. The monoisotopic (exact) mass is 334 g/mol. The molecule has 3 aliphatic rings. The van der Waals surface area contributed by atoms with Crippen LogP contribution >= 0.6 is 0 Å². The van der Waals surface area contributed by atoms with Gasteiger partial charge in [0.05, 0.1) is 18.9 Å². The fourth-order valence-corrected chi connectivity index (χ4v) is 4.49. The predicted molar refractivity (Wildman–Crippen MR) is 97.0 cm³/mol. The molecule has 2 aromatic carbocycles. The van der Waals surface area contributed by atoms with Crippen LogP contribution in [0, 0.1) is 0 Å². The molecule has 0 amide bonds. The van der Waals surface area contributed by atoms with Crippen LogP contribution < -0.4 is 9.47 Å². The average molecular weight is 334 g/mol. The topological polar surface area (TPSA) is 34.1 Å². The van der Waals surface area contributed by atoms with Gasteiger partial charge in [-0.3, -0.25) is 0 Å². The van der Waals surface area contributed by atoms with E-state index in [0.29, 0.717) is 0 Å². The minimum absolute atomic E-state index is 0.229. The third-order valence-corrected chi connectivity index (χ3v) is 5.70. The zero-order valence-corrected chi connectivity index (χ0v) is 14.4. The summed E-state index contributed by atoms with van der Waals surface area (Å²) in [6, 6.07) is 16.9. The van der Waals surface area contributed by atoms with Crippen LogP contribution in [0.2, 0.25) is 0 Å². The first-order valence-corrected chi connectivity index (χ1v) is 9.09. The standard InChI is InChI=1S/C21H22N2O2/c1-24-19-11-7-10-16-18-14-17(15-8-3-2-4-9-15)22-23(18)21(25-20(16)19)12-5-6-13-21/h2-4,7-11,18H,5-6,12-14H2,1H3. The van der Waals surface area contributed by atoms with Crippen LogP contribution in [-0.2, 0) is 0 Å². The summed E-state index contributed by atoms with van der Waals surface area (Å²) < 4.78 is 12.2. The van der Waals surface area contributed by atoms with Gasteiger partial charge < -0.3 is 9.47 Å². The summed E-state index contributed by atoms with van der Waals surface area (Å²) in [4.78, 5) is 0. The van der Waals surface area contributed by atoms with Crippen molar-refractivity contribution < 1.29 is 9.47 Å². The molecule has 4 nitrogen and oxygen atoms in total. The van der Waals surface area contributed by atoms with Crippen molar-refractivity contribution in [3.05, 3.63) is 59.7 Å². The number of hydrogen-bond acceptors (Lipinski definition) is 4. The number of nitrogens with zero attached hydrogens (tertiary/aromatic N) is 2. The molecule has 0 saturated heterocycles. The Kier molecular flexibility index (Phi) is 3.27. The van der Waals surface area contributed by atoms with Crippen LogP contribution in [0.25, 0.3) is 0 Å². The van der Waals surface area contributed by atoms with E-state index < -0.39 is 0 Å². The molecule has 2 heterocycles. The lowest BCUT2D eigenvalue weighted by atomic mass is 9.94. The molecule has 1 fully saturated rings. The highest BCUT2D eigenvalue weighted by Crippen LogP contribution is 2.54. The normalized spacial score (nSPS) is 23.0. The summed E-state index contributed by atoms with van der Waals surface area (Å²) in [6.07, 6.45) is 5.32. The summed E-state index contributed by atoms with van der Waals surface area (Å²) in [5, 5.41) is 7.31. The number of ether oxygens (including phenoxy) is 2. The predicted octanol–water partition coefficient (Wildman–Crippen LogP) is 4.51. The van der Waals surface area contributed by atoms with E-state index in [4.69, 9.17) is 14.6 Å². The van der Waals surface area contributed by atoms with Gasteiger partial charge in [-0.2, -0.15) is 5.10 Å². The quantitative estimate of drug-likeness (QED) is 0.810. The Morgan fingerprint density at radius 3 is 2.64 bits per heavy atom. The van der Waals surface area contributed by atoms with Crippen LogP contribution in [0.1, 0.15) is 49.3 Å². The molecule has 0 bridgehead atoms. The highest BCUT2D eigenvalue weighted by atomic mass is 16.5. The highest BCUT2D eigenvalue weighted by molar-refractivity contribution is 6.02. The first-order chi connectivity index (χ1) is 12.3. The van der Waals surface area contributed by atoms with Crippen molar-refractivity contribution >= 4 is 5.71 Å². The first-order valence-electron chi connectivity index (χ1n) is 9.09. The molecule has 1 spiro atoms. The summed E-state index contributed by atoms with van der Waals surface area (Å²) >= 11 is 0. The van der Waals surface area contributed by atoms with Crippen molar-refractivity contribution in [2.75, 3.05) is 7.11 Å². The van der Waals surface area contributed by atoms with Gasteiger partial charge in [0.25, 0.3) is 0 Å². The number of benzene rings is 2. The number of rotatable bonds is 2. The van der Waals surface area contributed by atoms with Gasteiger partial charge in [0.1, 0.15) is 0 Å². The highest BCUT2D eigenvalue weighted by Gasteiger charge is 2.52. The Hall–Kier alpha value is -2.49. The molecule has 2 aromatic rings. The maximum absolute atomic E-state index is 6.59. The molecular formula is C21H22N2O2. The maximum Gasteiger partial charge on any atom is 0.198 e. The molecule has 128 valence electrons. The van der Waals surface area contributed by atoms with Gasteiger partial charge in [-0.1, -0.05) is 42.5 Å². The molecule has 1 aliphatic carbocycles. The Morgan fingerprint density at radius 1 is 1.08 bits per heavy atom. The molecular weight excluding hydrogens is 312 g/mol. The summed E-state index contributed by atoms with van der Waals surface area (Å²) in [7, 11) is 1.72. The Morgan fingerprint density at radius 2 is 1.88 bits per heavy atom. The Balaban J connectivity index is 1.63. The van der Waals surface area contributed by atoms with Crippen molar-refractivity contribution in [1.29, 1.82) is 0 Å². The molecule has 5 rings (SSSR count). The average Bonchev–Trinajstić information content (AvgIpc) is 3.31. The molecule has 1 atom stereocenters. The van der Waals surface area contributed by atoms with Crippen molar-refractivity contribution in [1.82, 2.24) is 5.01 Å². The molecule has 0 aromatic heterocycles. The van der Waals surface area contributed by atoms with Crippen LogP contribution in [0.3, 0.4) is 0 Å². The van der Waals surface area contributed by atoms with E-state index in [0.717, 1.165) is 36.5 Å². The Labute approximate surface area is 148 Å². The minimum Gasteiger partial charge on any atom is -0.493 e. The molecule has 4 heteroatoms. The van der Waals surface area contributed by atoms with Crippen LogP contribution in [0.5, 0.6) is 11.5 Å². The van der Waals surface area contributed by atoms with Gasteiger partial charge in [0.2, 0.25) is 0 Å². The second-order valence-electron chi connectivity index (χ2n) is 7.11. The van der Waals surface area contributed by atoms with Gasteiger partial charge >= 0.3 is 0 Å². The van der Waals surface area contributed by atoms with E-state index in [9.17, 15) is 0 Å². The van der Waals surface area contributed by atoms with Crippen LogP contribution in [0.15, 0.2) is 53.6 Å². The van der Waals surface area contributed by atoms with E-state index in [1.807, 2.05) is 18.2 Å². The number of fused-ring (bicyclic) bond motifs is 4. The van der Waals surface area contributed by atoms with E-state index in [1.54, 1.807) is 7.11 Å². The Bertz CT molecular complexity index is 825. The maximum atomic E-state index is 6.59. The van der Waals surface area contributed by atoms with Gasteiger partial charge in [0, 0.05) is 24.8 Å². The lowest BCUT2D eigenvalue weighted by Crippen LogP contribution is -2.51. The number of hydrogen-bond donors (Lipinski definition) is 0. The molecule has 1 saturated carbocycles. The summed E-state index contributed by atoms with van der Waals surface area (Å²) in [5.74, 6) is 1.74. The molecule has 2 aliphatic heterocycles. The molecule has 0 N–H and O–H groups in total. The molecule has 25 heavy (non-hydrogen) atoms. The fraction of sp³-hybridized carbons (Fsp3) is 0.381. The first kappa shape index (κ1) is 14.8. The van der Waals surface area contributed by atoms with Gasteiger partial charge in [-0.05, 0) is 24.5 Å².